The summed E-state index contributed by atoms with van der Waals surface area (Å²) in [6.45, 7) is 25.7. The zero-order chi connectivity index (χ0) is 63.5. The van der Waals surface area contributed by atoms with Crippen LogP contribution in [0.2, 0.25) is 0 Å². The van der Waals surface area contributed by atoms with Crippen molar-refractivity contribution in [1.29, 1.82) is 5.26 Å². The van der Waals surface area contributed by atoms with Crippen molar-refractivity contribution in [2.75, 3.05) is 26.7 Å². The molecule has 21 nitrogen and oxygen atoms in total. The van der Waals surface area contributed by atoms with E-state index < -0.39 is 107 Å². The molecule has 1 aromatic heterocycles. The van der Waals surface area contributed by atoms with E-state index in [1.165, 1.54) is 44.3 Å². The first-order chi connectivity index (χ1) is 39.4. The van der Waals surface area contributed by atoms with E-state index in [0.29, 0.717) is 22.8 Å². The Morgan fingerprint density at radius 2 is 1.36 bits per heavy atom. The summed E-state index contributed by atoms with van der Waals surface area (Å²) in [6.07, 6.45) is -4.31. The van der Waals surface area contributed by atoms with Gasteiger partial charge >= 0.3 is 18.3 Å². The van der Waals surface area contributed by atoms with Crippen molar-refractivity contribution >= 4 is 47.5 Å². The fourth-order valence-corrected chi connectivity index (χ4v) is 9.47. The van der Waals surface area contributed by atoms with E-state index in [-0.39, 0.29) is 84.5 Å². The number of rotatable bonds is 17. The summed E-state index contributed by atoms with van der Waals surface area (Å²) < 4.78 is 28.3. The molecule has 3 aromatic carbocycles. The van der Waals surface area contributed by atoms with Crippen LogP contribution in [0.4, 0.5) is 14.4 Å². The number of carbonyl (C=O) groups is 8. The van der Waals surface area contributed by atoms with Crippen molar-refractivity contribution in [3.8, 4) is 45.8 Å². The Balaban J connectivity index is 1.68. The maximum atomic E-state index is 15.4. The highest BCUT2D eigenvalue weighted by Crippen LogP contribution is 2.45. The van der Waals surface area contributed by atoms with Crippen LogP contribution in [0.3, 0.4) is 0 Å². The highest BCUT2D eigenvalue weighted by atomic mass is 16.7. The Morgan fingerprint density at radius 3 is 1.93 bits per heavy atom. The monoisotopic (exact) mass is 1170 g/mol. The topological polar surface area (TPSA) is 292 Å². The minimum absolute atomic E-state index is 0.0209. The van der Waals surface area contributed by atoms with E-state index in [4.69, 9.17) is 33.7 Å². The fourth-order valence-electron chi connectivity index (χ4n) is 9.47. The van der Waals surface area contributed by atoms with Gasteiger partial charge in [-0.15, -0.1) is 0 Å². The van der Waals surface area contributed by atoms with Gasteiger partial charge in [0.15, 0.2) is 34.7 Å². The molecule has 4 amide bonds. The Morgan fingerprint density at radius 1 is 0.776 bits per heavy atom. The van der Waals surface area contributed by atoms with E-state index in [9.17, 15) is 39.1 Å². The Bertz CT molecular complexity index is 3170. The van der Waals surface area contributed by atoms with Gasteiger partial charge in [0.2, 0.25) is 11.8 Å². The molecule has 21 heteroatoms. The standard InChI is InChI=1S/C64H83N7O14/c1-36-30-49(74)53(71(16)57(77)42(25-27-66-58(78)83-62(7,8)9)35-48(73)52-37(2)68-55(69-38(52)3)40-19-22-43(23-20-40)61(4,5)6)41-21-24-50(82-60(80)85-64(13,14)15)44(34-41)45-31-39(32-46(70-56(36)76)47(72)18-17-26-65)33-51(54(45)75)81-29-28-67-59(79)84-63(10,11)12/h19-24,31,33-34,36,42,46,53,75H,17-18,25,27-30,32,35H2,1-16H3,(H,66,78)(H,67,79)(H,70,76)/t36-,42-,46+,53+/m1/s1. The number of phenols is 1. The predicted octanol–water partition coefficient (Wildman–Crippen LogP) is 10.5. The van der Waals surface area contributed by atoms with Gasteiger partial charge in [-0.2, -0.15) is 5.26 Å². The zero-order valence-corrected chi connectivity index (χ0v) is 51.9. The van der Waals surface area contributed by atoms with Crippen LogP contribution in [0.25, 0.3) is 22.5 Å². The second kappa shape index (κ2) is 28.0. The van der Waals surface area contributed by atoms with E-state index in [1.807, 2.05) is 30.3 Å². The number of aryl methyl sites for hydroxylation is 2. The molecule has 4 aromatic rings. The molecule has 1 aliphatic rings. The number of hydrogen-bond acceptors (Lipinski definition) is 17. The van der Waals surface area contributed by atoms with Gasteiger partial charge in [0.1, 0.15) is 35.2 Å². The summed E-state index contributed by atoms with van der Waals surface area (Å²) in [6, 6.07) is 14.1. The van der Waals surface area contributed by atoms with Gasteiger partial charge < -0.3 is 49.6 Å². The summed E-state index contributed by atoms with van der Waals surface area (Å²) in [4.78, 5) is 123. The first kappa shape index (κ1) is 67.4. The SMILES string of the molecule is Cc1nc(-c2ccc(C(C)(C)C)cc2)nc(C)c1C(=O)C[C@@H](CCNC(=O)OC(C)(C)C)C(=O)N(C)[C@@H]1C(=O)C[C@@H](C)C(=O)N[C@H](C(=O)CCC#N)Cc2cc(OCCNC(=O)OC(C)(C)C)c(O)c(c2)-c2cc1ccc2OC(=O)OC(C)(C)C. The number of likely N-dealkylation sites (N-methyl/N-ethyl adjacent to an activating group) is 1. The van der Waals surface area contributed by atoms with Gasteiger partial charge in [-0.05, 0) is 135 Å². The van der Waals surface area contributed by atoms with Crippen LogP contribution >= 0.6 is 0 Å². The molecule has 0 fully saturated rings. The van der Waals surface area contributed by atoms with Crippen LogP contribution in [0.5, 0.6) is 17.2 Å². The molecule has 458 valence electrons. The summed E-state index contributed by atoms with van der Waals surface area (Å²) in [5, 5.41) is 29.7. The average Bonchev–Trinajstić information content (AvgIpc) is 1.23. The number of alkyl carbamates (subject to hydrolysis) is 2. The van der Waals surface area contributed by atoms with E-state index in [0.717, 1.165) is 16.0 Å². The van der Waals surface area contributed by atoms with Crippen LogP contribution in [0.15, 0.2) is 54.6 Å². The molecule has 0 saturated carbocycles. The third-order valence-corrected chi connectivity index (χ3v) is 13.5. The first-order valence-electron chi connectivity index (χ1n) is 28.4. The van der Waals surface area contributed by atoms with E-state index in [2.05, 4.69) is 36.7 Å². The summed E-state index contributed by atoms with van der Waals surface area (Å²) in [5.41, 5.74) is 0.305. The smallest absolute Gasteiger partial charge is 0.504 e. The highest BCUT2D eigenvalue weighted by molar-refractivity contribution is 6.01. The number of aromatic nitrogens is 2. The number of fused-ring (bicyclic) bond motifs is 5. The number of ether oxygens (including phenoxy) is 5. The van der Waals surface area contributed by atoms with Gasteiger partial charge in [0.05, 0.1) is 35.6 Å². The van der Waals surface area contributed by atoms with Crippen molar-refractivity contribution in [3.63, 3.8) is 0 Å². The largest absolute Gasteiger partial charge is 0.514 e. The number of nitrogens with one attached hydrogen (secondary N) is 3. The molecule has 4 atom stereocenters. The third-order valence-electron chi connectivity index (χ3n) is 13.5. The molecule has 4 bridgehead atoms. The minimum atomic E-state index is -1.56. The number of nitriles is 1. The van der Waals surface area contributed by atoms with E-state index >= 15 is 9.59 Å². The van der Waals surface area contributed by atoms with Crippen LogP contribution < -0.4 is 25.4 Å². The fraction of sp³-hybridized carbons (Fsp3) is 0.516. The number of nitrogens with zero attached hydrogens (tertiary/aromatic N) is 4. The van der Waals surface area contributed by atoms with Gasteiger partial charge in [0.25, 0.3) is 0 Å². The maximum Gasteiger partial charge on any atom is 0.514 e. The molecule has 2 heterocycles. The number of phenolic OH excluding ortho intramolecular Hbond substituents is 1. The molecular formula is C64H83N7O14. The molecular weight excluding hydrogens is 1090 g/mol. The molecule has 0 saturated heterocycles. The van der Waals surface area contributed by atoms with Crippen LogP contribution in [-0.2, 0) is 45.2 Å². The molecule has 0 unspecified atom stereocenters. The van der Waals surface area contributed by atoms with Gasteiger partial charge in [-0.1, -0.05) is 58.0 Å². The number of ketones is 3. The number of carbonyl (C=O) groups excluding carboxylic acids is 8. The van der Waals surface area contributed by atoms with Crippen LogP contribution in [0.1, 0.15) is 167 Å². The van der Waals surface area contributed by atoms with Crippen molar-refractivity contribution in [2.45, 2.75) is 177 Å². The molecule has 0 radical (unpaired) electrons. The maximum absolute atomic E-state index is 15.4. The normalized spacial score (nSPS) is 16.1. The summed E-state index contributed by atoms with van der Waals surface area (Å²) in [5.74, 6) is -5.91. The second-order valence-electron chi connectivity index (χ2n) is 25.4. The number of amides is 4. The van der Waals surface area contributed by atoms with Crippen molar-refractivity contribution in [1.82, 2.24) is 30.8 Å². The second-order valence-corrected chi connectivity index (χ2v) is 25.4. The van der Waals surface area contributed by atoms with Crippen molar-refractivity contribution < 1.29 is 67.1 Å². The van der Waals surface area contributed by atoms with Crippen LogP contribution in [-0.4, -0.2) is 117 Å². The predicted molar refractivity (Wildman–Crippen MR) is 317 cm³/mol. The zero-order valence-electron chi connectivity index (χ0n) is 51.9. The number of Topliss-reactive ketones (excluding diaryl/α,β-unsaturated/α-hetero) is 3. The highest BCUT2D eigenvalue weighted by Gasteiger charge is 2.38. The molecule has 0 spiro atoms. The molecule has 1 aliphatic heterocycles. The Labute approximate surface area is 498 Å². The first-order valence-corrected chi connectivity index (χ1v) is 28.4. The summed E-state index contributed by atoms with van der Waals surface area (Å²) in [7, 11) is 1.36. The van der Waals surface area contributed by atoms with Gasteiger partial charge in [0, 0.05) is 67.8 Å². The minimum Gasteiger partial charge on any atom is -0.504 e. The third kappa shape index (κ3) is 19.6. The van der Waals surface area contributed by atoms with Crippen LogP contribution in [0, 0.1) is 37.0 Å². The van der Waals surface area contributed by atoms with Crippen molar-refractivity contribution in [2.24, 2.45) is 11.8 Å². The Hall–Kier alpha value is -8.41. The Kier molecular flexibility index (Phi) is 22.2. The quantitative estimate of drug-likeness (QED) is 0.0251. The average molecular weight is 1170 g/mol. The molecule has 0 aliphatic carbocycles. The number of aromatic hydroxyl groups is 1. The lowest BCUT2D eigenvalue weighted by molar-refractivity contribution is -0.142. The van der Waals surface area contributed by atoms with Crippen molar-refractivity contribution in [3.05, 3.63) is 88.2 Å². The van der Waals surface area contributed by atoms with E-state index in [1.54, 1.807) is 76.2 Å². The van der Waals surface area contributed by atoms with Gasteiger partial charge in [-0.25, -0.2) is 24.4 Å². The lowest BCUT2D eigenvalue weighted by Crippen LogP contribution is -2.46. The molecule has 5 rings (SSSR count). The number of hydrogen-bond donors (Lipinski definition) is 4. The lowest BCUT2D eigenvalue weighted by atomic mass is 9.86. The molecule has 4 N–H and O–H groups in total. The lowest BCUT2D eigenvalue weighted by Gasteiger charge is -2.32. The summed E-state index contributed by atoms with van der Waals surface area (Å²) >= 11 is 0. The number of benzene rings is 3. The molecule has 85 heavy (non-hydrogen) atoms. The van der Waals surface area contributed by atoms with Gasteiger partial charge in [-0.3, -0.25) is 24.0 Å².